The molecule has 0 spiro atoms. The molecule has 1 aliphatic heterocycles. The number of aromatic nitrogens is 1. The number of nitrogens with zero attached hydrogens (tertiary/aromatic N) is 3. The Balaban J connectivity index is 2.05. The molecule has 1 aromatic rings. The third kappa shape index (κ3) is 3.19. The molecule has 0 saturated carbocycles. The van der Waals surface area contributed by atoms with Crippen molar-refractivity contribution in [2.75, 3.05) is 25.0 Å². The molecule has 1 fully saturated rings. The SMILES string of the molecule is CC(C)N(C)Cc1cccc(N2CCCC2)n1. The van der Waals surface area contributed by atoms with Crippen LogP contribution in [0.4, 0.5) is 5.82 Å². The highest BCUT2D eigenvalue weighted by Gasteiger charge is 2.14. The van der Waals surface area contributed by atoms with Crippen molar-refractivity contribution in [1.29, 1.82) is 0 Å². The van der Waals surface area contributed by atoms with Gasteiger partial charge in [0.05, 0.1) is 5.69 Å². The Kier molecular flexibility index (Phi) is 4.00. The summed E-state index contributed by atoms with van der Waals surface area (Å²) >= 11 is 0. The molecule has 1 aliphatic rings. The summed E-state index contributed by atoms with van der Waals surface area (Å²) < 4.78 is 0. The maximum Gasteiger partial charge on any atom is 0.128 e. The Hall–Kier alpha value is -1.09. The Morgan fingerprint density at radius 1 is 1.29 bits per heavy atom. The van der Waals surface area contributed by atoms with Gasteiger partial charge in [0.15, 0.2) is 0 Å². The van der Waals surface area contributed by atoms with E-state index in [-0.39, 0.29) is 0 Å². The summed E-state index contributed by atoms with van der Waals surface area (Å²) in [5.74, 6) is 1.15. The summed E-state index contributed by atoms with van der Waals surface area (Å²) in [7, 11) is 2.15. The number of hydrogen-bond acceptors (Lipinski definition) is 3. The number of pyridine rings is 1. The monoisotopic (exact) mass is 233 g/mol. The van der Waals surface area contributed by atoms with E-state index in [1.165, 1.54) is 18.5 Å². The van der Waals surface area contributed by atoms with Crippen LogP contribution in [0.3, 0.4) is 0 Å². The third-order valence-electron chi connectivity index (χ3n) is 3.52. The van der Waals surface area contributed by atoms with E-state index in [0.29, 0.717) is 6.04 Å². The molecule has 0 unspecified atom stereocenters. The standard InChI is InChI=1S/C14H23N3/c1-12(2)16(3)11-13-7-6-8-14(15-13)17-9-4-5-10-17/h6-8,12H,4-5,9-11H2,1-3H3. The van der Waals surface area contributed by atoms with Gasteiger partial charge in [-0.05, 0) is 45.9 Å². The highest BCUT2D eigenvalue weighted by atomic mass is 15.2. The lowest BCUT2D eigenvalue weighted by Crippen LogP contribution is -2.26. The topological polar surface area (TPSA) is 19.4 Å². The lowest BCUT2D eigenvalue weighted by Gasteiger charge is -2.22. The van der Waals surface area contributed by atoms with Crippen molar-refractivity contribution in [3.8, 4) is 0 Å². The van der Waals surface area contributed by atoms with Gasteiger partial charge in [0.2, 0.25) is 0 Å². The normalized spacial score (nSPS) is 16.2. The van der Waals surface area contributed by atoms with Crippen molar-refractivity contribution >= 4 is 5.82 Å². The molecule has 0 aliphatic carbocycles. The van der Waals surface area contributed by atoms with Gasteiger partial charge in [0, 0.05) is 25.7 Å². The quantitative estimate of drug-likeness (QED) is 0.796. The Morgan fingerprint density at radius 2 is 2.00 bits per heavy atom. The molecule has 0 N–H and O–H groups in total. The molecule has 0 radical (unpaired) electrons. The second-order valence-electron chi connectivity index (χ2n) is 5.19. The van der Waals surface area contributed by atoms with Gasteiger partial charge in [-0.15, -0.1) is 0 Å². The summed E-state index contributed by atoms with van der Waals surface area (Å²) in [6.45, 7) is 7.68. The van der Waals surface area contributed by atoms with E-state index in [0.717, 1.165) is 25.5 Å². The highest BCUT2D eigenvalue weighted by Crippen LogP contribution is 2.18. The summed E-state index contributed by atoms with van der Waals surface area (Å²) in [4.78, 5) is 9.46. The molecule has 0 amide bonds. The first-order valence-electron chi connectivity index (χ1n) is 6.58. The largest absolute Gasteiger partial charge is 0.357 e. The molecule has 94 valence electrons. The smallest absolute Gasteiger partial charge is 0.128 e. The van der Waals surface area contributed by atoms with E-state index >= 15 is 0 Å². The molecule has 0 aromatic carbocycles. The summed E-state index contributed by atoms with van der Waals surface area (Å²) in [5, 5.41) is 0. The van der Waals surface area contributed by atoms with Crippen molar-refractivity contribution < 1.29 is 0 Å². The lowest BCUT2D eigenvalue weighted by atomic mass is 10.3. The summed E-state index contributed by atoms with van der Waals surface area (Å²) in [6.07, 6.45) is 2.61. The summed E-state index contributed by atoms with van der Waals surface area (Å²) in [5.41, 5.74) is 1.17. The van der Waals surface area contributed by atoms with Gasteiger partial charge in [-0.25, -0.2) is 4.98 Å². The van der Waals surface area contributed by atoms with Crippen LogP contribution in [0.1, 0.15) is 32.4 Å². The van der Waals surface area contributed by atoms with Gasteiger partial charge in [-0.3, -0.25) is 4.90 Å². The predicted molar refractivity (Wildman–Crippen MR) is 72.3 cm³/mol. The maximum absolute atomic E-state index is 4.76. The minimum Gasteiger partial charge on any atom is -0.357 e. The molecule has 0 bridgehead atoms. The fraction of sp³-hybridized carbons (Fsp3) is 0.643. The van der Waals surface area contributed by atoms with Crippen molar-refractivity contribution in [2.45, 2.75) is 39.3 Å². The number of rotatable bonds is 4. The molecule has 2 heterocycles. The molecule has 17 heavy (non-hydrogen) atoms. The molecule has 2 rings (SSSR count). The van der Waals surface area contributed by atoms with Crippen LogP contribution >= 0.6 is 0 Å². The minimum atomic E-state index is 0.562. The predicted octanol–water partition coefficient (Wildman–Crippen LogP) is 2.52. The van der Waals surface area contributed by atoms with Crippen LogP contribution in [0.25, 0.3) is 0 Å². The van der Waals surface area contributed by atoms with Crippen LogP contribution in [-0.2, 0) is 6.54 Å². The molecule has 3 heteroatoms. The first kappa shape index (κ1) is 12.4. The molecule has 1 aromatic heterocycles. The van der Waals surface area contributed by atoms with Crippen LogP contribution in [0.5, 0.6) is 0 Å². The van der Waals surface area contributed by atoms with E-state index in [2.05, 4.69) is 48.9 Å². The van der Waals surface area contributed by atoms with Gasteiger partial charge in [-0.1, -0.05) is 6.07 Å². The van der Waals surface area contributed by atoms with Gasteiger partial charge in [0.1, 0.15) is 5.82 Å². The zero-order valence-electron chi connectivity index (χ0n) is 11.2. The molecular weight excluding hydrogens is 210 g/mol. The zero-order chi connectivity index (χ0) is 12.3. The van der Waals surface area contributed by atoms with Gasteiger partial charge in [-0.2, -0.15) is 0 Å². The first-order valence-corrected chi connectivity index (χ1v) is 6.58. The van der Waals surface area contributed by atoms with Gasteiger partial charge >= 0.3 is 0 Å². The highest BCUT2D eigenvalue weighted by molar-refractivity contribution is 5.40. The van der Waals surface area contributed by atoms with Crippen LogP contribution in [-0.4, -0.2) is 36.1 Å². The second kappa shape index (κ2) is 5.50. The summed E-state index contributed by atoms with van der Waals surface area (Å²) in [6, 6.07) is 6.94. The van der Waals surface area contributed by atoms with E-state index < -0.39 is 0 Å². The van der Waals surface area contributed by atoms with E-state index in [1.54, 1.807) is 0 Å². The van der Waals surface area contributed by atoms with E-state index in [1.807, 2.05) is 0 Å². The van der Waals surface area contributed by atoms with E-state index in [9.17, 15) is 0 Å². The van der Waals surface area contributed by atoms with Gasteiger partial charge < -0.3 is 4.90 Å². The molecule has 0 atom stereocenters. The van der Waals surface area contributed by atoms with Crippen molar-refractivity contribution in [3.63, 3.8) is 0 Å². The Labute approximate surface area is 104 Å². The van der Waals surface area contributed by atoms with Crippen LogP contribution in [0, 0.1) is 0 Å². The zero-order valence-corrected chi connectivity index (χ0v) is 11.2. The fourth-order valence-electron chi connectivity index (χ4n) is 2.12. The molecular formula is C14H23N3. The fourth-order valence-corrected chi connectivity index (χ4v) is 2.12. The van der Waals surface area contributed by atoms with Crippen LogP contribution < -0.4 is 4.90 Å². The second-order valence-corrected chi connectivity index (χ2v) is 5.19. The molecule has 3 nitrogen and oxygen atoms in total. The first-order chi connectivity index (χ1) is 8.16. The third-order valence-corrected chi connectivity index (χ3v) is 3.52. The van der Waals surface area contributed by atoms with Crippen molar-refractivity contribution in [2.24, 2.45) is 0 Å². The maximum atomic E-state index is 4.76. The number of anilines is 1. The van der Waals surface area contributed by atoms with Crippen LogP contribution in [0.2, 0.25) is 0 Å². The lowest BCUT2D eigenvalue weighted by molar-refractivity contribution is 0.263. The van der Waals surface area contributed by atoms with Crippen molar-refractivity contribution in [3.05, 3.63) is 23.9 Å². The van der Waals surface area contributed by atoms with Crippen molar-refractivity contribution in [1.82, 2.24) is 9.88 Å². The Bertz CT molecular complexity index is 356. The molecule has 1 saturated heterocycles. The van der Waals surface area contributed by atoms with E-state index in [4.69, 9.17) is 4.98 Å². The van der Waals surface area contributed by atoms with Crippen LogP contribution in [0.15, 0.2) is 18.2 Å². The minimum absolute atomic E-state index is 0.562. The van der Waals surface area contributed by atoms with Gasteiger partial charge in [0.25, 0.3) is 0 Å². The number of hydrogen-bond donors (Lipinski definition) is 0. The average molecular weight is 233 g/mol. The average Bonchev–Trinajstić information content (AvgIpc) is 2.82. The Morgan fingerprint density at radius 3 is 2.65 bits per heavy atom.